The highest BCUT2D eigenvalue weighted by molar-refractivity contribution is 6.09. The van der Waals surface area contributed by atoms with Crippen LogP contribution in [-0.4, -0.2) is 75.0 Å². The first-order valence-corrected chi connectivity index (χ1v) is 16.7. The Bertz CT molecular complexity index is 1600. The smallest absolute Gasteiger partial charge is 0.259 e. The van der Waals surface area contributed by atoms with E-state index in [9.17, 15) is 19.2 Å². The van der Waals surface area contributed by atoms with E-state index in [0.717, 1.165) is 24.8 Å². The van der Waals surface area contributed by atoms with Gasteiger partial charge < -0.3 is 40.8 Å². The van der Waals surface area contributed by atoms with Gasteiger partial charge in [0.15, 0.2) is 0 Å². The topological polar surface area (TPSA) is 167 Å². The Labute approximate surface area is 287 Å². The molecule has 12 heteroatoms. The van der Waals surface area contributed by atoms with Crippen LogP contribution in [0.3, 0.4) is 0 Å². The number of benzene rings is 3. The van der Waals surface area contributed by atoms with Gasteiger partial charge in [0.1, 0.15) is 17.5 Å². The number of methoxy groups -OCH3 is 1. The number of unbranched alkanes of at least 4 members (excludes halogenated alkanes) is 2. The molecule has 0 unspecified atom stereocenters. The Morgan fingerprint density at radius 1 is 0.939 bits per heavy atom. The third kappa shape index (κ3) is 10.0. The van der Waals surface area contributed by atoms with Gasteiger partial charge in [-0.2, -0.15) is 0 Å². The lowest BCUT2D eigenvalue weighted by Crippen LogP contribution is -2.43. The Balaban J connectivity index is 1.30. The van der Waals surface area contributed by atoms with Crippen molar-refractivity contribution in [2.45, 2.75) is 57.6 Å². The van der Waals surface area contributed by atoms with Crippen LogP contribution in [0.5, 0.6) is 11.5 Å². The van der Waals surface area contributed by atoms with Crippen LogP contribution in [0.2, 0.25) is 0 Å². The summed E-state index contributed by atoms with van der Waals surface area (Å²) >= 11 is 0. The standard InChI is InChI=1S/C37H47N5O7/c1-41(30-14-7-5-12-27(30)25-48-22-9-3-4-17-34(43)42-21-10-15-31(42)35(39)44)37(46)26-18-19-29(33(24-26)47-2)40-36(45)28-13-6-8-16-32(28)49-23-11-20-38/h5-8,12-14,16,18-19,24,31H,3-4,9-11,15,17,20-23,25,38H2,1-2H3,(H2,39,44)(H,40,45)/t31-/m0/s1. The molecule has 0 radical (unpaired) electrons. The van der Waals surface area contributed by atoms with Crippen LogP contribution in [0, 0.1) is 0 Å². The first-order chi connectivity index (χ1) is 23.7. The van der Waals surface area contributed by atoms with Crippen molar-refractivity contribution in [3.05, 3.63) is 83.4 Å². The Morgan fingerprint density at radius 3 is 2.49 bits per heavy atom. The van der Waals surface area contributed by atoms with E-state index in [0.29, 0.717) is 92.6 Å². The van der Waals surface area contributed by atoms with Crippen molar-refractivity contribution in [2.24, 2.45) is 11.5 Å². The van der Waals surface area contributed by atoms with Crippen molar-refractivity contribution in [3.8, 4) is 11.5 Å². The zero-order valence-corrected chi connectivity index (χ0v) is 28.3. The van der Waals surface area contributed by atoms with E-state index in [-0.39, 0.29) is 17.7 Å². The van der Waals surface area contributed by atoms with Crippen LogP contribution < -0.4 is 31.2 Å². The van der Waals surface area contributed by atoms with Gasteiger partial charge in [-0.3, -0.25) is 19.2 Å². The molecule has 0 saturated carbocycles. The first-order valence-electron chi connectivity index (χ1n) is 16.7. The summed E-state index contributed by atoms with van der Waals surface area (Å²) < 4.78 is 17.2. The summed E-state index contributed by atoms with van der Waals surface area (Å²) in [5, 5.41) is 2.86. The van der Waals surface area contributed by atoms with Crippen LogP contribution in [0.1, 0.15) is 71.2 Å². The number of hydrogen-bond acceptors (Lipinski definition) is 8. The lowest BCUT2D eigenvalue weighted by molar-refractivity contribution is -0.137. The van der Waals surface area contributed by atoms with Gasteiger partial charge in [-0.1, -0.05) is 36.8 Å². The predicted octanol–water partition coefficient (Wildman–Crippen LogP) is 4.51. The SMILES string of the molecule is COc1cc(C(=O)N(C)c2ccccc2COCCCCCC(=O)N2CCC[C@H]2C(N)=O)ccc1NC(=O)c1ccccc1OCCCN. The average molecular weight is 674 g/mol. The highest BCUT2D eigenvalue weighted by Gasteiger charge is 2.32. The molecule has 0 aliphatic carbocycles. The maximum atomic E-state index is 13.6. The molecule has 262 valence electrons. The van der Waals surface area contributed by atoms with Crippen LogP contribution in [0.25, 0.3) is 0 Å². The summed E-state index contributed by atoms with van der Waals surface area (Å²) in [7, 11) is 3.18. The molecular formula is C37H47N5O7. The van der Waals surface area contributed by atoms with Crippen molar-refractivity contribution < 1.29 is 33.4 Å². The van der Waals surface area contributed by atoms with E-state index in [1.807, 2.05) is 24.3 Å². The molecule has 1 atom stereocenters. The predicted molar refractivity (Wildman–Crippen MR) is 188 cm³/mol. The van der Waals surface area contributed by atoms with Gasteiger partial charge in [-0.25, -0.2) is 0 Å². The third-order valence-corrected chi connectivity index (χ3v) is 8.43. The maximum Gasteiger partial charge on any atom is 0.259 e. The molecule has 0 bridgehead atoms. The molecule has 4 amide bonds. The Morgan fingerprint density at radius 2 is 1.71 bits per heavy atom. The molecule has 1 saturated heterocycles. The van der Waals surface area contributed by atoms with Gasteiger partial charge in [0, 0.05) is 43.4 Å². The summed E-state index contributed by atoms with van der Waals surface area (Å²) in [5.74, 6) is -0.307. The quantitative estimate of drug-likeness (QED) is 0.166. The molecule has 1 fully saturated rings. The molecule has 1 heterocycles. The van der Waals surface area contributed by atoms with Crippen molar-refractivity contribution in [2.75, 3.05) is 50.7 Å². The number of nitrogens with one attached hydrogen (secondary N) is 1. The molecule has 0 aromatic heterocycles. The van der Waals surface area contributed by atoms with Crippen LogP contribution in [-0.2, 0) is 20.9 Å². The fraction of sp³-hybridized carbons (Fsp3) is 0.405. The van der Waals surface area contributed by atoms with Gasteiger partial charge in [0.2, 0.25) is 11.8 Å². The number of primary amides is 1. The fourth-order valence-electron chi connectivity index (χ4n) is 5.77. The van der Waals surface area contributed by atoms with E-state index in [4.69, 9.17) is 25.7 Å². The van der Waals surface area contributed by atoms with E-state index in [2.05, 4.69) is 5.32 Å². The summed E-state index contributed by atoms with van der Waals surface area (Å²) in [4.78, 5) is 54.0. The van der Waals surface area contributed by atoms with Crippen molar-refractivity contribution in [1.29, 1.82) is 0 Å². The van der Waals surface area contributed by atoms with Crippen molar-refractivity contribution in [1.82, 2.24) is 4.90 Å². The van der Waals surface area contributed by atoms with Crippen molar-refractivity contribution >= 4 is 35.0 Å². The minimum Gasteiger partial charge on any atom is -0.495 e. The van der Waals surface area contributed by atoms with Gasteiger partial charge in [0.05, 0.1) is 31.6 Å². The number of anilines is 2. The Hall–Kier alpha value is -4.94. The van der Waals surface area contributed by atoms with Gasteiger partial charge >= 0.3 is 0 Å². The summed E-state index contributed by atoms with van der Waals surface area (Å²) in [6.07, 6.45) is 4.79. The van der Waals surface area contributed by atoms with Gasteiger partial charge in [-0.15, -0.1) is 0 Å². The summed E-state index contributed by atoms with van der Waals surface area (Å²) in [6.45, 7) is 2.28. The number of hydrogen-bond donors (Lipinski definition) is 3. The van der Waals surface area contributed by atoms with E-state index < -0.39 is 11.9 Å². The molecule has 0 spiro atoms. The normalized spacial score (nSPS) is 13.9. The number of rotatable bonds is 18. The lowest BCUT2D eigenvalue weighted by atomic mass is 10.1. The molecular weight excluding hydrogens is 626 g/mol. The van der Waals surface area contributed by atoms with E-state index >= 15 is 0 Å². The number of nitrogens with zero attached hydrogens (tertiary/aromatic N) is 2. The second-order valence-electron chi connectivity index (χ2n) is 11.9. The molecule has 5 N–H and O–H groups in total. The highest BCUT2D eigenvalue weighted by atomic mass is 16.5. The Kier molecular flexibility index (Phi) is 14.0. The molecule has 49 heavy (non-hydrogen) atoms. The fourth-order valence-corrected chi connectivity index (χ4v) is 5.77. The average Bonchev–Trinajstić information content (AvgIpc) is 3.62. The number of carbonyl (C=O) groups excluding carboxylic acids is 4. The lowest BCUT2D eigenvalue weighted by Gasteiger charge is -2.22. The van der Waals surface area contributed by atoms with Crippen LogP contribution in [0.4, 0.5) is 11.4 Å². The molecule has 4 rings (SSSR count). The molecule has 1 aliphatic heterocycles. The zero-order valence-electron chi connectivity index (χ0n) is 28.3. The number of para-hydroxylation sites is 2. The second kappa shape index (κ2) is 18.6. The number of carbonyl (C=O) groups is 4. The summed E-state index contributed by atoms with van der Waals surface area (Å²) in [5.41, 5.74) is 13.7. The van der Waals surface area contributed by atoms with E-state index in [1.165, 1.54) is 7.11 Å². The number of ether oxygens (including phenoxy) is 3. The number of likely N-dealkylation sites (tertiary alicyclic amines) is 1. The highest BCUT2D eigenvalue weighted by Crippen LogP contribution is 2.30. The largest absolute Gasteiger partial charge is 0.495 e. The number of amides is 4. The van der Waals surface area contributed by atoms with E-state index in [1.54, 1.807) is 59.3 Å². The molecule has 3 aromatic carbocycles. The van der Waals surface area contributed by atoms with Crippen molar-refractivity contribution in [3.63, 3.8) is 0 Å². The number of nitrogens with two attached hydrogens (primary N) is 2. The summed E-state index contributed by atoms with van der Waals surface area (Å²) in [6, 6.07) is 18.9. The monoisotopic (exact) mass is 673 g/mol. The first kappa shape index (κ1) is 36.9. The van der Waals surface area contributed by atoms with Crippen LogP contribution in [0.15, 0.2) is 66.7 Å². The van der Waals surface area contributed by atoms with Gasteiger partial charge in [-0.05, 0) is 75.0 Å². The second-order valence-corrected chi connectivity index (χ2v) is 11.9. The minimum absolute atomic E-state index is 0.0218. The third-order valence-electron chi connectivity index (χ3n) is 8.43. The zero-order chi connectivity index (χ0) is 35.2. The molecule has 3 aromatic rings. The molecule has 12 nitrogen and oxygen atoms in total. The minimum atomic E-state index is -0.476. The molecule has 1 aliphatic rings. The van der Waals surface area contributed by atoms with Crippen LogP contribution >= 0.6 is 0 Å². The maximum absolute atomic E-state index is 13.6. The van der Waals surface area contributed by atoms with Gasteiger partial charge in [0.25, 0.3) is 11.8 Å².